The zero-order valence-electron chi connectivity index (χ0n) is 8.55. The Morgan fingerprint density at radius 3 is 2.75 bits per heavy atom. The van der Waals surface area contributed by atoms with Crippen molar-refractivity contribution in [2.75, 3.05) is 0 Å². The maximum atomic E-state index is 5.42. The Kier molecular flexibility index (Phi) is 2.14. The molecule has 2 heterocycles. The van der Waals surface area contributed by atoms with Crippen LogP contribution in [0.25, 0.3) is 5.57 Å². The van der Waals surface area contributed by atoms with Crippen LogP contribution in [0.2, 0.25) is 0 Å². The summed E-state index contributed by atoms with van der Waals surface area (Å²) < 4.78 is 5.42. The number of nitrogens with zero attached hydrogens (tertiary/aromatic N) is 2. The maximum absolute atomic E-state index is 5.42. The average Bonchev–Trinajstić information content (AvgIpc) is 2.39. The van der Waals surface area contributed by atoms with E-state index in [2.05, 4.69) is 16.2 Å². The second-order valence-electron chi connectivity index (χ2n) is 3.54. The van der Waals surface area contributed by atoms with Crippen LogP contribution in [0.4, 0.5) is 0 Å². The highest BCUT2D eigenvalue weighted by Gasteiger charge is 2.15. The number of benzene rings is 1. The van der Waals surface area contributed by atoms with Crippen LogP contribution < -0.4 is 4.74 Å². The first-order chi connectivity index (χ1) is 7.93. The third-order valence-corrected chi connectivity index (χ3v) is 2.46. The highest BCUT2D eigenvalue weighted by Crippen LogP contribution is 2.28. The summed E-state index contributed by atoms with van der Waals surface area (Å²) >= 11 is 0. The fourth-order valence-electron chi connectivity index (χ4n) is 1.67. The van der Waals surface area contributed by atoms with Crippen molar-refractivity contribution in [3.05, 3.63) is 60.4 Å². The fraction of sp³-hybridized carbons (Fsp3) is 0.0769. The third-order valence-electron chi connectivity index (χ3n) is 2.46. The van der Waals surface area contributed by atoms with E-state index in [1.54, 1.807) is 18.5 Å². The predicted molar refractivity (Wildman–Crippen MR) is 59.5 cm³/mol. The Morgan fingerprint density at radius 2 is 1.88 bits per heavy atom. The zero-order valence-corrected chi connectivity index (χ0v) is 8.55. The van der Waals surface area contributed by atoms with Gasteiger partial charge in [-0.2, -0.15) is 0 Å². The van der Waals surface area contributed by atoms with Crippen LogP contribution in [0, 0.1) is 6.26 Å². The molecule has 1 aromatic carbocycles. The average molecular weight is 209 g/mol. The molecular formula is C13H9N2O. The molecule has 3 nitrogen and oxygen atoms in total. The van der Waals surface area contributed by atoms with E-state index < -0.39 is 0 Å². The molecule has 77 valence electrons. The van der Waals surface area contributed by atoms with Crippen LogP contribution in [0.5, 0.6) is 5.75 Å². The zero-order chi connectivity index (χ0) is 10.8. The number of aromatic nitrogens is 2. The standard InChI is InChI=1S/C13H9N2O/c1-2-5-12-10(4-1)8-11(9-16-12)13-14-6-3-7-15-13/h1-7H,8H2. The van der Waals surface area contributed by atoms with Crippen molar-refractivity contribution >= 4 is 5.57 Å². The summed E-state index contributed by atoms with van der Waals surface area (Å²) in [6, 6.07) is 9.72. The van der Waals surface area contributed by atoms with Gasteiger partial charge in [0.15, 0.2) is 12.1 Å². The molecule has 0 fully saturated rings. The first-order valence-electron chi connectivity index (χ1n) is 5.07. The van der Waals surface area contributed by atoms with Crippen molar-refractivity contribution < 1.29 is 4.74 Å². The lowest BCUT2D eigenvalue weighted by molar-refractivity contribution is 0.440. The van der Waals surface area contributed by atoms with Crippen molar-refractivity contribution in [3.63, 3.8) is 0 Å². The van der Waals surface area contributed by atoms with E-state index in [0.29, 0.717) is 5.82 Å². The molecule has 1 aliphatic rings. The van der Waals surface area contributed by atoms with Crippen LogP contribution >= 0.6 is 0 Å². The van der Waals surface area contributed by atoms with Crippen molar-refractivity contribution in [1.29, 1.82) is 0 Å². The topological polar surface area (TPSA) is 35.0 Å². The summed E-state index contributed by atoms with van der Waals surface area (Å²) in [5.74, 6) is 1.54. The van der Waals surface area contributed by atoms with Gasteiger partial charge in [-0.1, -0.05) is 18.2 Å². The molecule has 3 rings (SSSR count). The summed E-state index contributed by atoms with van der Waals surface area (Å²) in [5.41, 5.74) is 2.03. The number of allylic oxidation sites excluding steroid dienone is 1. The molecule has 3 heteroatoms. The van der Waals surface area contributed by atoms with Crippen molar-refractivity contribution in [3.8, 4) is 5.75 Å². The Hall–Kier alpha value is -2.16. The van der Waals surface area contributed by atoms with Crippen molar-refractivity contribution in [2.45, 2.75) is 6.42 Å². The minimum Gasteiger partial charge on any atom is -0.453 e. The Bertz CT molecular complexity index is 535. The lowest BCUT2D eigenvalue weighted by Gasteiger charge is -2.14. The second-order valence-corrected chi connectivity index (χ2v) is 3.54. The van der Waals surface area contributed by atoms with E-state index in [0.717, 1.165) is 23.3 Å². The van der Waals surface area contributed by atoms with Gasteiger partial charge in [-0.05, 0) is 17.7 Å². The molecule has 0 N–H and O–H groups in total. The maximum Gasteiger partial charge on any atom is 0.177 e. The normalized spacial score (nSPS) is 13.6. The minimum atomic E-state index is 0.678. The van der Waals surface area contributed by atoms with Gasteiger partial charge in [0.05, 0.1) is 0 Å². The first-order valence-corrected chi connectivity index (χ1v) is 5.07. The van der Waals surface area contributed by atoms with Crippen LogP contribution in [0.1, 0.15) is 11.4 Å². The predicted octanol–water partition coefficient (Wildman–Crippen LogP) is 2.26. The summed E-state index contributed by atoms with van der Waals surface area (Å²) in [5, 5.41) is 0. The van der Waals surface area contributed by atoms with Crippen molar-refractivity contribution in [2.24, 2.45) is 0 Å². The number of ether oxygens (including phenoxy) is 1. The number of hydrogen-bond acceptors (Lipinski definition) is 3. The van der Waals surface area contributed by atoms with E-state index in [1.807, 2.05) is 24.3 Å². The molecule has 0 spiro atoms. The SMILES string of the molecule is [C]1=C(c2ncccn2)Cc2ccccc2O1. The van der Waals surface area contributed by atoms with Gasteiger partial charge in [0.25, 0.3) is 0 Å². The quantitative estimate of drug-likeness (QED) is 0.722. The van der Waals surface area contributed by atoms with Gasteiger partial charge >= 0.3 is 0 Å². The number of para-hydroxylation sites is 1. The van der Waals surface area contributed by atoms with E-state index in [-0.39, 0.29) is 0 Å². The molecule has 0 saturated heterocycles. The van der Waals surface area contributed by atoms with Gasteiger partial charge in [0, 0.05) is 24.4 Å². The third kappa shape index (κ3) is 1.56. The molecule has 0 aliphatic carbocycles. The van der Waals surface area contributed by atoms with Crippen LogP contribution in [-0.4, -0.2) is 9.97 Å². The van der Waals surface area contributed by atoms with E-state index in [4.69, 9.17) is 4.74 Å². The number of rotatable bonds is 1. The number of fused-ring (bicyclic) bond motifs is 1. The van der Waals surface area contributed by atoms with Crippen molar-refractivity contribution in [1.82, 2.24) is 9.97 Å². The minimum absolute atomic E-state index is 0.678. The monoisotopic (exact) mass is 209 g/mol. The Labute approximate surface area is 93.4 Å². The molecule has 16 heavy (non-hydrogen) atoms. The van der Waals surface area contributed by atoms with Gasteiger partial charge in [-0.15, -0.1) is 0 Å². The lowest BCUT2D eigenvalue weighted by atomic mass is 10.0. The summed E-state index contributed by atoms with van der Waals surface area (Å²) in [7, 11) is 0. The van der Waals surface area contributed by atoms with Gasteiger partial charge < -0.3 is 4.74 Å². The summed E-state index contributed by atoms with van der Waals surface area (Å²) in [6.45, 7) is 0. The summed E-state index contributed by atoms with van der Waals surface area (Å²) in [4.78, 5) is 8.37. The van der Waals surface area contributed by atoms with Gasteiger partial charge in [-0.3, -0.25) is 0 Å². The molecule has 0 bridgehead atoms. The Balaban J connectivity index is 1.95. The highest BCUT2D eigenvalue weighted by atomic mass is 16.5. The second kappa shape index (κ2) is 3.77. The van der Waals surface area contributed by atoms with Crippen LogP contribution in [0.3, 0.4) is 0 Å². The molecule has 2 aromatic rings. The Morgan fingerprint density at radius 1 is 1.06 bits per heavy atom. The first kappa shape index (κ1) is 9.09. The van der Waals surface area contributed by atoms with E-state index >= 15 is 0 Å². The van der Waals surface area contributed by atoms with Crippen LogP contribution in [-0.2, 0) is 6.42 Å². The molecule has 0 amide bonds. The molecule has 1 radical (unpaired) electrons. The molecule has 0 saturated carbocycles. The smallest absolute Gasteiger partial charge is 0.177 e. The molecule has 1 aromatic heterocycles. The molecule has 1 aliphatic heterocycles. The lowest BCUT2D eigenvalue weighted by Crippen LogP contribution is -2.05. The molecular weight excluding hydrogens is 200 g/mol. The largest absolute Gasteiger partial charge is 0.453 e. The van der Waals surface area contributed by atoms with Gasteiger partial charge in [0.2, 0.25) is 0 Å². The van der Waals surface area contributed by atoms with Gasteiger partial charge in [-0.25, -0.2) is 9.97 Å². The van der Waals surface area contributed by atoms with Gasteiger partial charge in [0.1, 0.15) is 5.75 Å². The van der Waals surface area contributed by atoms with Crippen LogP contribution in [0.15, 0.2) is 42.7 Å². The van der Waals surface area contributed by atoms with E-state index in [9.17, 15) is 0 Å². The highest BCUT2D eigenvalue weighted by molar-refractivity contribution is 5.63. The molecule has 0 atom stereocenters. The molecule has 0 unspecified atom stereocenters. The van der Waals surface area contributed by atoms with E-state index in [1.165, 1.54) is 0 Å². The summed E-state index contributed by atoms with van der Waals surface area (Å²) in [6.07, 6.45) is 7.09. The fourth-order valence-corrected chi connectivity index (χ4v) is 1.67. The number of hydrogen-bond donors (Lipinski definition) is 0.